The number of carboxylic acids is 1. The molecule has 1 aliphatic heterocycles. The number of carboxylic acid groups (broad SMARTS) is 1. The summed E-state index contributed by atoms with van der Waals surface area (Å²) < 4.78 is 0. The highest BCUT2D eigenvalue weighted by Crippen LogP contribution is 2.29. The molecule has 0 radical (unpaired) electrons. The lowest BCUT2D eigenvalue weighted by Gasteiger charge is -2.19. The smallest absolute Gasteiger partial charge is 0.335 e. The van der Waals surface area contributed by atoms with E-state index in [-0.39, 0.29) is 0 Å². The summed E-state index contributed by atoms with van der Waals surface area (Å²) in [5.74, 6) is -0.840. The van der Waals surface area contributed by atoms with Gasteiger partial charge in [0.15, 0.2) is 0 Å². The average Bonchev–Trinajstić information content (AvgIpc) is 2.72. The van der Waals surface area contributed by atoms with E-state index in [1.54, 1.807) is 6.07 Å². The fourth-order valence-electron chi connectivity index (χ4n) is 2.36. The predicted molar refractivity (Wildman–Crippen MR) is 68.8 cm³/mol. The third-order valence-corrected chi connectivity index (χ3v) is 3.36. The van der Waals surface area contributed by atoms with Gasteiger partial charge in [-0.3, -0.25) is 0 Å². The third kappa shape index (κ3) is 2.60. The maximum Gasteiger partial charge on any atom is 0.335 e. The van der Waals surface area contributed by atoms with Crippen molar-refractivity contribution in [3.05, 3.63) is 29.3 Å². The number of hydrogen-bond acceptors (Lipinski definition) is 2. The average molecular weight is 233 g/mol. The predicted octanol–water partition coefficient (Wildman–Crippen LogP) is 2.94. The zero-order valence-corrected chi connectivity index (χ0v) is 10.3. The highest BCUT2D eigenvalue weighted by molar-refractivity contribution is 5.89. The van der Waals surface area contributed by atoms with Gasteiger partial charge in [0.25, 0.3) is 0 Å². The number of carbonyl (C=O) groups is 1. The number of hydrogen-bond donors (Lipinski definition) is 1. The molecular weight excluding hydrogens is 214 g/mol. The van der Waals surface area contributed by atoms with Crippen molar-refractivity contribution in [1.82, 2.24) is 0 Å². The van der Waals surface area contributed by atoms with Crippen molar-refractivity contribution in [2.45, 2.75) is 32.6 Å². The molecule has 3 nitrogen and oxygen atoms in total. The molecule has 0 saturated carbocycles. The molecule has 92 valence electrons. The minimum absolute atomic E-state index is 0.395. The molecule has 3 heteroatoms. The lowest BCUT2D eigenvalue weighted by molar-refractivity contribution is 0.0697. The molecule has 0 amide bonds. The minimum atomic E-state index is -0.840. The van der Waals surface area contributed by atoms with Gasteiger partial charge in [0, 0.05) is 18.8 Å². The molecule has 0 atom stereocenters. The molecule has 0 aromatic heterocycles. The van der Waals surface area contributed by atoms with Crippen LogP contribution >= 0.6 is 0 Å². The molecule has 0 spiro atoms. The Morgan fingerprint density at radius 1 is 1.41 bits per heavy atom. The SMILES string of the molecule is CCCCCN1CCc2ccc(C(=O)O)cc21. The topological polar surface area (TPSA) is 40.5 Å². The van der Waals surface area contributed by atoms with Crippen LogP contribution in [0.25, 0.3) is 0 Å². The quantitative estimate of drug-likeness (QED) is 0.795. The summed E-state index contributed by atoms with van der Waals surface area (Å²) in [6.07, 6.45) is 4.69. The first-order chi connectivity index (χ1) is 8.22. The molecule has 0 bridgehead atoms. The molecule has 0 unspecified atom stereocenters. The Morgan fingerprint density at radius 2 is 2.24 bits per heavy atom. The molecular formula is C14H19NO2. The van der Waals surface area contributed by atoms with E-state index in [4.69, 9.17) is 5.11 Å². The van der Waals surface area contributed by atoms with E-state index in [9.17, 15) is 4.79 Å². The zero-order chi connectivity index (χ0) is 12.3. The molecule has 2 rings (SSSR count). The highest BCUT2D eigenvalue weighted by atomic mass is 16.4. The Kier molecular flexibility index (Phi) is 3.67. The number of fused-ring (bicyclic) bond motifs is 1. The van der Waals surface area contributed by atoms with Gasteiger partial charge in [-0.1, -0.05) is 25.8 Å². The van der Waals surface area contributed by atoms with E-state index >= 15 is 0 Å². The second-order valence-electron chi connectivity index (χ2n) is 4.59. The van der Waals surface area contributed by atoms with Gasteiger partial charge in [0.05, 0.1) is 5.56 Å². The molecule has 1 aromatic rings. The minimum Gasteiger partial charge on any atom is -0.478 e. The Bertz CT molecular complexity index is 415. The van der Waals surface area contributed by atoms with Crippen LogP contribution in [0.1, 0.15) is 42.1 Å². The van der Waals surface area contributed by atoms with Crippen molar-refractivity contribution in [2.24, 2.45) is 0 Å². The van der Waals surface area contributed by atoms with Gasteiger partial charge in [0.1, 0.15) is 0 Å². The second-order valence-corrected chi connectivity index (χ2v) is 4.59. The van der Waals surface area contributed by atoms with Gasteiger partial charge in [-0.15, -0.1) is 0 Å². The van der Waals surface area contributed by atoms with E-state index < -0.39 is 5.97 Å². The lowest BCUT2D eigenvalue weighted by Crippen LogP contribution is -2.21. The van der Waals surface area contributed by atoms with Crippen LogP contribution in [0, 0.1) is 0 Å². The normalized spacial score (nSPS) is 13.8. The molecule has 1 heterocycles. The van der Waals surface area contributed by atoms with Crippen molar-refractivity contribution < 1.29 is 9.90 Å². The van der Waals surface area contributed by atoms with Gasteiger partial charge in [-0.2, -0.15) is 0 Å². The number of rotatable bonds is 5. The summed E-state index contributed by atoms with van der Waals surface area (Å²) in [6, 6.07) is 5.48. The van der Waals surface area contributed by atoms with E-state index in [2.05, 4.69) is 11.8 Å². The van der Waals surface area contributed by atoms with Crippen LogP contribution in [0.5, 0.6) is 0 Å². The van der Waals surface area contributed by atoms with Crippen LogP contribution in [0.15, 0.2) is 18.2 Å². The van der Waals surface area contributed by atoms with E-state index in [1.165, 1.54) is 24.8 Å². The van der Waals surface area contributed by atoms with Crippen LogP contribution in [-0.4, -0.2) is 24.2 Å². The van der Waals surface area contributed by atoms with Crippen molar-refractivity contribution in [1.29, 1.82) is 0 Å². The summed E-state index contributed by atoms with van der Waals surface area (Å²) in [4.78, 5) is 13.3. The number of benzene rings is 1. The summed E-state index contributed by atoms with van der Waals surface area (Å²) >= 11 is 0. The van der Waals surface area contributed by atoms with Gasteiger partial charge in [-0.25, -0.2) is 4.79 Å². The van der Waals surface area contributed by atoms with Gasteiger partial charge in [0.2, 0.25) is 0 Å². The molecule has 1 N–H and O–H groups in total. The zero-order valence-electron chi connectivity index (χ0n) is 10.3. The van der Waals surface area contributed by atoms with Crippen molar-refractivity contribution >= 4 is 11.7 Å². The van der Waals surface area contributed by atoms with Gasteiger partial charge >= 0.3 is 5.97 Å². The van der Waals surface area contributed by atoms with Crippen LogP contribution < -0.4 is 4.90 Å². The van der Waals surface area contributed by atoms with Crippen molar-refractivity contribution in [2.75, 3.05) is 18.0 Å². The second kappa shape index (κ2) is 5.21. The van der Waals surface area contributed by atoms with Crippen LogP contribution in [0.2, 0.25) is 0 Å². The summed E-state index contributed by atoms with van der Waals surface area (Å²) in [5, 5.41) is 9.00. The highest BCUT2D eigenvalue weighted by Gasteiger charge is 2.19. The first kappa shape index (κ1) is 12.0. The van der Waals surface area contributed by atoms with E-state index in [1.807, 2.05) is 12.1 Å². The Labute approximate surface area is 102 Å². The molecule has 0 fully saturated rings. The maximum absolute atomic E-state index is 10.9. The van der Waals surface area contributed by atoms with E-state index in [0.717, 1.165) is 25.2 Å². The van der Waals surface area contributed by atoms with Gasteiger partial charge in [-0.05, 0) is 30.5 Å². The Hall–Kier alpha value is -1.51. The fourth-order valence-corrected chi connectivity index (χ4v) is 2.36. The van der Waals surface area contributed by atoms with Gasteiger partial charge < -0.3 is 10.0 Å². The number of nitrogens with zero attached hydrogens (tertiary/aromatic N) is 1. The number of unbranched alkanes of at least 4 members (excludes halogenated alkanes) is 2. The summed E-state index contributed by atoms with van der Waals surface area (Å²) in [6.45, 7) is 4.27. The monoisotopic (exact) mass is 233 g/mol. The molecule has 17 heavy (non-hydrogen) atoms. The molecule has 1 aliphatic rings. The number of anilines is 1. The third-order valence-electron chi connectivity index (χ3n) is 3.36. The van der Waals surface area contributed by atoms with Crippen LogP contribution in [0.3, 0.4) is 0 Å². The van der Waals surface area contributed by atoms with Crippen LogP contribution in [-0.2, 0) is 6.42 Å². The van der Waals surface area contributed by atoms with Crippen molar-refractivity contribution in [3.63, 3.8) is 0 Å². The first-order valence-corrected chi connectivity index (χ1v) is 6.33. The Balaban J connectivity index is 2.12. The number of aromatic carboxylic acids is 1. The Morgan fingerprint density at radius 3 is 2.94 bits per heavy atom. The fraction of sp³-hybridized carbons (Fsp3) is 0.500. The summed E-state index contributed by atoms with van der Waals surface area (Å²) in [7, 11) is 0. The van der Waals surface area contributed by atoms with E-state index in [0.29, 0.717) is 5.56 Å². The largest absolute Gasteiger partial charge is 0.478 e. The maximum atomic E-state index is 10.9. The van der Waals surface area contributed by atoms with Crippen LogP contribution in [0.4, 0.5) is 5.69 Å². The standard InChI is InChI=1S/C14H19NO2/c1-2-3-4-8-15-9-7-11-5-6-12(14(16)17)10-13(11)15/h5-6,10H,2-4,7-9H2,1H3,(H,16,17). The molecule has 1 aromatic carbocycles. The first-order valence-electron chi connectivity index (χ1n) is 6.33. The van der Waals surface area contributed by atoms with Crippen molar-refractivity contribution in [3.8, 4) is 0 Å². The molecule has 0 aliphatic carbocycles. The summed E-state index contributed by atoms with van der Waals surface area (Å²) in [5.41, 5.74) is 2.80. The molecule has 0 saturated heterocycles. The lowest BCUT2D eigenvalue weighted by atomic mass is 10.1.